The Labute approximate surface area is 93.5 Å². The van der Waals surface area contributed by atoms with Crippen molar-refractivity contribution in [1.82, 2.24) is 15.3 Å². The molecule has 2 rings (SSSR count). The molecular formula is C10H15N3OS. The third-order valence-corrected chi connectivity index (χ3v) is 3.24. The number of thioether (sulfide) groups is 1. The van der Waals surface area contributed by atoms with E-state index in [1.807, 2.05) is 0 Å². The minimum Gasteiger partial charge on any atom is -0.391 e. The monoisotopic (exact) mass is 225 g/mol. The van der Waals surface area contributed by atoms with E-state index >= 15 is 0 Å². The van der Waals surface area contributed by atoms with Crippen LogP contribution in [0.15, 0.2) is 23.6 Å². The molecule has 1 fully saturated rings. The van der Waals surface area contributed by atoms with Gasteiger partial charge in [-0.3, -0.25) is 4.98 Å². The zero-order chi connectivity index (χ0) is 10.5. The number of aliphatic hydroxyl groups excluding tert-OH is 1. The molecule has 0 radical (unpaired) electrons. The van der Waals surface area contributed by atoms with E-state index in [1.54, 1.807) is 18.6 Å². The summed E-state index contributed by atoms with van der Waals surface area (Å²) in [6.45, 7) is 0.679. The van der Waals surface area contributed by atoms with Crippen LogP contribution in [-0.4, -0.2) is 39.5 Å². The smallest absolute Gasteiger partial charge is 0.114 e. The summed E-state index contributed by atoms with van der Waals surface area (Å²) in [7, 11) is 0. The lowest BCUT2D eigenvalue weighted by Gasteiger charge is -2.10. The Morgan fingerprint density at radius 1 is 1.53 bits per heavy atom. The van der Waals surface area contributed by atoms with Crippen LogP contribution >= 0.6 is 11.8 Å². The summed E-state index contributed by atoms with van der Waals surface area (Å²) in [5, 5.41) is 13.8. The van der Waals surface area contributed by atoms with Crippen molar-refractivity contribution in [2.75, 3.05) is 12.3 Å². The highest BCUT2D eigenvalue weighted by Crippen LogP contribution is 2.19. The predicted molar refractivity (Wildman–Crippen MR) is 59.8 cm³/mol. The maximum absolute atomic E-state index is 9.66. The van der Waals surface area contributed by atoms with Crippen LogP contribution in [0.4, 0.5) is 0 Å². The molecule has 15 heavy (non-hydrogen) atoms. The van der Waals surface area contributed by atoms with E-state index in [2.05, 4.69) is 15.3 Å². The van der Waals surface area contributed by atoms with Gasteiger partial charge in [-0.2, -0.15) is 0 Å². The largest absolute Gasteiger partial charge is 0.391 e. The Morgan fingerprint density at radius 2 is 2.40 bits per heavy atom. The van der Waals surface area contributed by atoms with Crippen LogP contribution in [0, 0.1) is 0 Å². The number of hydrogen-bond acceptors (Lipinski definition) is 5. The molecular weight excluding hydrogens is 210 g/mol. The second-order valence-electron chi connectivity index (χ2n) is 3.69. The highest BCUT2D eigenvalue weighted by atomic mass is 32.2. The summed E-state index contributed by atoms with van der Waals surface area (Å²) in [4.78, 5) is 8.09. The van der Waals surface area contributed by atoms with Crippen LogP contribution < -0.4 is 5.32 Å². The molecule has 1 aromatic heterocycles. The van der Waals surface area contributed by atoms with Crippen LogP contribution in [-0.2, 0) is 0 Å². The molecule has 1 saturated carbocycles. The van der Waals surface area contributed by atoms with Crippen molar-refractivity contribution in [3.8, 4) is 0 Å². The molecule has 0 spiro atoms. The van der Waals surface area contributed by atoms with E-state index in [0.717, 1.165) is 5.03 Å². The van der Waals surface area contributed by atoms with Crippen LogP contribution in [0.3, 0.4) is 0 Å². The minimum absolute atomic E-state index is 0.308. The van der Waals surface area contributed by atoms with Gasteiger partial charge in [-0.1, -0.05) is 0 Å². The molecule has 5 heteroatoms. The first-order chi connectivity index (χ1) is 7.34. The van der Waals surface area contributed by atoms with E-state index in [9.17, 15) is 5.11 Å². The highest BCUT2D eigenvalue weighted by molar-refractivity contribution is 7.99. The Bertz CT molecular complexity index is 292. The van der Waals surface area contributed by atoms with E-state index in [-0.39, 0.29) is 6.10 Å². The van der Waals surface area contributed by atoms with Crippen LogP contribution in [0.1, 0.15) is 12.8 Å². The topological polar surface area (TPSA) is 58.0 Å². The SMILES string of the molecule is OC(CNC1CC1)CSc1cnccn1. The van der Waals surface area contributed by atoms with Crippen molar-refractivity contribution in [1.29, 1.82) is 0 Å². The van der Waals surface area contributed by atoms with Crippen molar-refractivity contribution in [3.05, 3.63) is 18.6 Å². The van der Waals surface area contributed by atoms with Gasteiger partial charge in [-0.25, -0.2) is 4.98 Å². The molecule has 1 aromatic rings. The second kappa shape index (κ2) is 5.44. The Kier molecular flexibility index (Phi) is 3.94. The van der Waals surface area contributed by atoms with Crippen LogP contribution in [0.5, 0.6) is 0 Å². The van der Waals surface area contributed by atoms with Gasteiger partial charge in [0, 0.05) is 30.7 Å². The number of nitrogens with zero attached hydrogens (tertiary/aromatic N) is 2. The summed E-state index contributed by atoms with van der Waals surface area (Å²) in [6.07, 6.45) is 7.23. The fraction of sp³-hybridized carbons (Fsp3) is 0.600. The second-order valence-corrected chi connectivity index (χ2v) is 4.73. The first kappa shape index (κ1) is 10.9. The highest BCUT2D eigenvalue weighted by Gasteiger charge is 2.21. The zero-order valence-electron chi connectivity index (χ0n) is 8.47. The van der Waals surface area contributed by atoms with Crippen LogP contribution in [0.2, 0.25) is 0 Å². The number of aromatic nitrogens is 2. The molecule has 0 amide bonds. The van der Waals surface area contributed by atoms with Gasteiger partial charge in [0.25, 0.3) is 0 Å². The number of aliphatic hydroxyl groups is 1. The Hall–Kier alpha value is -0.650. The lowest BCUT2D eigenvalue weighted by atomic mass is 10.4. The van der Waals surface area contributed by atoms with Crippen LogP contribution in [0.25, 0.3) is 0 Å². The standard InChI is InChI=1S/C10H15N3OS/c14-9(5-13-8-1-2-8)7-15-10-6-11-3-4-12-10/h3-4,6,8-9,13-14H,1-2,5,7H2. The molecule has 1 aliphatic rings. The summed E-state index contributed by atoms with van der Waals surface area (Å²) in [5.74, 6) is 0.665. The average molecular weight is 225 g/mol. The van der Waals surface area contributed by atoms with Crippen molar-refractivity contribution in [2.45, 2.75) is 30.0 Å². The predicted octanol–water partition coefficient (Wildman–Crippen LogP) is 0.682. The molecule has 0 aromatic carbocycles. The fourth-order valence-corrected chi connectivity index (χ4v) is 1.94. The molecule has 1 aliphatic carbocycles. The van der Waals surface area contributed by atoms with Gasteiger partial charge in [0.05, 0.1) is 12.3 Å². The van der Waals surface area contributed by atoms with Gasteiger partial charge >= 0.3 is 0 Å². The molecule has 4 nitrogen and oxygen atoms in total. The fourth-order valence-electron chi connectivity index (χ4n) is 1.19. The number of rotatable bonds is 6. The lowest BCUT2D eigenvalue weighted by Crippen LogP contribution is -2.29. The van der Waals surface area contributed by atoms with Gasteiger partial charge in [-0.05, 0) is 12.8 Å². The first-order valence-electron chi connectivity index (χ1n) is 5.15. The van der Waals surface area contributed by atoms with Gasteiger partial charge in [0.2, 0.25) is 0 Å². The van der Waals surface area contributed by atoms with E-state index in [1.165, 1.54) is 24.6 Å². The van der Waals surface area contributed by atoms with Crippen molar-refractivity contribution >= 4 is 11.8 Å². The van der Waals surface area contributed by atoms with Gasteiger partial charge in [0.1, 0.15) is 5.03 Å². The van der Waals surface area contributed by atoms with Gasteiger partial charge < -0.3 is 10.4 Å². The molecule has 82 valence electrons. The summed E-state index contributed by atoms with van der Waals surface area (Å²) < 4.78 is 0. The maximum Gasteiger partial charge on any atom is 0.114 e. The zero-order valence-corrected chi connectivity index (χ0v) is 9.28. The maximum atomic E-state index is 9.66. The molecule has 1 heterocycles. The molecule has 0 saturated heterocycles. The lowest BCUT2D eigenvalue weighted by molar-refractivity contribution is 0.195. The van der Waals surface area contributed by atoms with Crippen molar-refractivity contribution < 1.29 is 5.11 Å². The first-order valence-corrected chi connectivity index (χ1v) is 6.13. The molecule has 1 atom stereocenters. The molecule has 2 N–H and O–H groups in total. The third-order valence-electron chi connectivity index (χ3n) is 2.18. The van der Waals surface area contributed by atoms with Crippen molar-refractivity contribution in [2.24, 2.45) is 0 Å². The van der Waals surface area contributed by atoms with Gasteiger partial charge in [0.15, 0.2) is 0 Å². The van der Waals surface area contributed by atoms with Crippen molar-refractivity contribution in [3.63, 3.8) is 0 Å². The number of hydrogen-bond donors (Lipinski definition) is 2. The summed E-state index contributed by atoms with van der Waals surface area (Å²) in [6, 6.07) is 0.654. The Balaban J connectivity index is 1.63. The molecule has 0 bridgehead atoms. The van der Waals surface area contributed by atoms with E-state index < -0.39 is 0 Å². The minimum atomic E-state index is -0.308. The molecule has 0 aliphatic heterocycles. The third kappa shape index (κ3) is 4.15. The summed E-state index contributed by atoms with van der Waals surface area (Å²) >= 11 is 1.54. The van der Waals surface area contributed by atoms with Gasteiger partial charge in [-0.15, -0.1) is 11.8 Å². The number of nitrogens with one attached hydrogen (secondary N) is 1. The molecule has 1 unspecified atom stereocenters. The quantitative estimate of drug-likeness (QED) is 0.697. The van der Waals surface area contributed by atoms with E-state index in [0.29, 0.717) is 18.3 Å². The van der Waals surface area contributed by atoms with E-state index in [4.69, 9.17) is 0 Å². The normalized spacial score (nSPS) is 17.7. The Morgan fingerprint density at radius 3 is 3.07 bits per heavy atom. The average Bonchev–Trinajstić information content (AvgIpc) is 3.09. The summed E-state index contributed by atoms with van der Waals surface area (Å²) in [5.41, 5.74) is 0.